The summed E-state index contributed by atoms with van der Waals surface area (Å²) in [5, 5.41) is 17.4. The van der Waals surface area contributed by atoms with E-state index in [-0.39, 0.29) is 35.5 Å². The van der Waals surface area contributed by atoms with Gasteiger partial charge in [-0.1, -0.05) is 17.7 Å². The molecule has 4 N–H and O–H groups in total. The first-order valence-electron chi connectivity index (χ1n) is 10.6. The average Bonchev–Trinajstić information content (AvgIpc) is 3.49. The molecule has 2 aromatic carbocycles. The summed E-state index contributed by atoms with van der Waals surface area (Å²) >= 11 is 5.89. The molecular formula is C24H21ClFN3O7. The Bertz CT molecular complexity index is 1300. The van der Waals surface area contributed by atoms with Crippen molar-refractivity contribution >= 4 is 40.9 Å². The van der Waals surface area contributed by atoms with Crippen molar-refractivity contribution in [3.05, 3.63) is 65.8 Å². The fourth-order valence-corrected chi connectivity index (χ4v) is 3.97. The normalized spacial score (nSPS) is 19.0. The molecule has 3 aromatic rings. The largest absolute Gasteiger partial charge is 0.511 e. The second kappa shape index (κ2) is 10.4. The third kappa shape index (κ3) is 5.18. The highest BCUT2D eigenvalue weighted by atomic mass is 35.5. The number of carbonyl (C=O) groups is 3. The van der Waals surface area contributed by atoms with Crippen LogP contribution in [0.4, 0.5) is 20.6 Å². The van der Waals surface area contributed by atoms with Crippen molar-refractivity contribution in [3.63, 3.8) is 0 Å². The molecule has 2 unspecified atom stereocenters. The molecule has 2 heterocycles. The zero-order valence-corrected chi connectivity index (χ0v) is 19.6. The Kier molecular flexibility index (Phi) is 7.25. The first-order chi connectivity index (χ1) is 17.2. The van der Waals surface area contributed by atoms with Crippen LogP contribution in [0.2, 0.25) is 5.02 Å². The first-order valence-corrected chi connectivity index (χ1v) is 11.0. The van der Waals surface area contributed by atoms with E-state index in [2.05, 4.69) is 20.7 Å². The molecule has 10 nitrogen and oxygen atoms in total. The maximum atomic E-state index is 15.0. The van der Waals surface area contributed by atoms with Crippen molar-refractivity contribution in [1.29, 1.82) is 0 Å². The third-order valence-electron chi connectivity index (χ3n) is 5.73. The molecule has 1 aliphatic heterocycles. The zero-order valence-electron chi connectivity index (χ0n) is 18.8. The molecule has 1 fully saturated rings. The van der Waals surface area contributed by atoms with Crippen LogP contribution in [0.15, 0.2) is 59.4 Å². The maximum absolute atomic E-state index is 15.0. The molecule has 2 atom stereocenters. The molecule has 0 saturated carbocycles. The standard InChI is InChI=1S/C24H21ClFN3O7/c1-34-16-9-24(27-10-16,21(30)28-15-5-3-14(25)4-6-15)22(31)29-19-7-2-13(8-18(19)26)17-11-35-12-20(17)36-23(32)33/h2-8,11-12,16,27H,9-10H2,1H3,(H,28,30)(H,29,31)(H,32,33). The SMILES string of the molecule is COC1CNC(C(=O)Nc2ccc(Cl)cc2)(C(=O)Nc2ccc(-c3cocc3OC(=O)O)cc2F)C1. The first kappa shape index (κ1) is 25.2. The molecule has 0 spiro atoms. The molecular weight excluding hydrogens is 497 g/mol. The van der Waals surface area contributed by atoms with Crippen LogP contribution in [-0.4, -0.2) is 48.4 Å². The number of hydrogen-bond donors (Lipinski definition) is 4. The molecule has 2 amide bonds. The number of rotatable bonds is 7. The van der Waals surface area contributed by atoms with Crippen molar-refractivity contribution in [2.45, 2.75) is 18.1 Å². The number of nitrogens with one attached hydrogen (secondary N) is 3. The minimum Gasteiger partial charge on any atom is -0.468 e. The minimum absolute atomic E-state index is 0.0133. The van der Waals surface area contributed by atoms with Gasteiger partial charge in [-0.2, -0.15) is 0 Å². The summed E-state index contributed by atoms with van der Waals surface area (Å²) in [4.78, 5) is 37.4. The molecule has 0 aliphatic carbocycles. The lowest BCUT2D eigenvalue weighted by Crippen LogP contribution is -2.59. The summed E-state index contributed by atoms with van der Waals surface area (Å²) in [5.41, 5.74) is -1.04. The van der Waals surface area contributed by atoms with E-state index >= 15 is 0 Å². The molecule has 36 heavy (non-hydrogen) atoms. The molecule has 0 radical (unpaired) electrons. The van der Waals surface area contributed by atoms with Crippen LogP contribution >= 0.6 is 11.6 Å². The smallest absolute Gasteiger partial charge is 0.468 e. The quantitative estimate of drug-likeness (QED) is 0.271. The van der Waals surface area contributed by atoms with E-state index < -0.39 is 35.4 Å². The van der Waals surface area contributed by atoms with Crippen LogP contribution in [0.25, 0.3) is 11.1 Å². The topological polar surface area (TPSA) is 139 Å². The van der Waals surface area contributed by atoms with Gasteiger partial charge in [-0.05, 0) is 42.0 Å². The van der Waals surface area contributed by atoms with Gasteiger partial charge in [-0.15, -0.1) is 0 Å². The number of furan rings is 1. The van der Waals surface area contributed by atoms with Crippen LogP contribution < -0.4 is 20.7 Å². The van der Waals surface area contributed by atoms with Crippen molar-refractivity contribution in [2.75, 3.05) is 24.3 Å². The predicted octanol–water partition coefficient (Wildman–Crippen LogP) is 4.12. The van der Waals surface area contributed by atoms with Crippen LogP contribution in [0.1, 0.15) is 6.42 Å². The van der Waals surface area contributed by atoms with Gasteiger partial charge in [-0.25, -0.2) is 9.18 Å². The number of hydrogen-bond acceptors (Lipinski definition) is 7. The summed E-state index contributed by atoms with van der Waals surface area (Å²) < 4.78 is 29.9. The van der Waals surface area contributed by atoms with Crippen molar-refractivity contribution in [2.24, 2.45) is 0 Å². The number of benzene rings is 2. The summed E-state index contributed by atoms with van der Waals surface area (Å²) in [6.45, 7) is 0.228. The van der Waals surface area contributed by atoms with Gasteiger partial charge < -0.3 is 29.6 Å². The number of carboxylic acid groups (broad SMARTS) is 1. The Morgan fingerprint density at radius 1 is 1.14 bits per heavy atom. The minimum atomic E-state index is -1.74. The fourth-order valence-electron chi connectivity index (χ4n) is 3.84. The lowest BCUT2D eigenvalue weighted by Gasteiger charge is -2.27. The van der Waals surface area contributed by atoms with Gasteiger partial charge in [0.15, 0.2) is 11.3 Å². The van der Waals surface area contributed by atoms with E-state index in [0.717, 1.165) is 12.3 Å². The molecule has 0 bridgehead atoms. The van der Waals surface area contributed by atoms with Gasteiger partial charge in [0.1, 0.15) is 18.3 Å². The van der Waals surface area contributed by atoms with Crippen molar-refractivity contribution < 1.29 is 37.8 Å². The summed E-state index contributed by atoms with van der Waals surface area (Å²) in [5.74, 6) is -2.36. The van der Waals surface area contributed by atoms with E-state index in [0.29, 0.717) is 10.7 Å². The van der Waals surface area contributed by atoms with Gasteiger partial charge in [0.05, 0.1) is 17.4 Å². The number of methoxy groups -OCH3 is 1. The highest BCUT2D eigenvalue weighted by Gasteiger charge is 2.51. The average molecular weight is 518 g/mol. The molecule has 1 aromatic heterocycles. The Morgan fingerprint density at radius 3 is 2.50 bits per heavy atom. The zero-order chi connectivity index (χ0) is 25.9. The Labute approximate surface area is 209 Å². The number of carbonyl (C=O) groups excluding carboxylic acids is 2. The Hall–Kier alpha value is -3.93. The number of amides is 2. The molecule has 1 saturated heterocycles. The summed E-state index contributed by atoms with van der Waals surface area (Å²) in [6, 6.07) is 10.2. The number of ether oxygens (including phenoxy) is 2. The van der Waals surface area contributed by atoms with Crippen LogP contribution in [0, 0.1) is 5.82 Å². The van der Waals surface area contributed by atoms with Gasteiger partial charge in [0.25, 0.3) is 11.8 Å². The fraction of sp³-hybridized carbons (Fsp3) is 0.208. The number of halogens is 2. The summed E-state index contributed by atoms with van der Waals surface area (Å²) in [6.07, 6.45) is 0.307. The second-order valence-corrected chi connectivity index (χ2v) is 8.41. The maximum Gasteiger partial charge on any atom is 0.511 e. The third-order valence-corrected chi connectivity index (χ3v) is 5.98. The van der Waals surface area contributed by atoms with Crippen LogP contribution in [-0.2, 0) is 14.3 Å². The lowest BCUT2D eigenvalue weighted by molar-refractivity contribution is -0.132. The summed E-state index contributed by atoms with van der Waals surface area (Å²) in [7, 11) is 1.47. The number of anilines is 2. The monoisotopic (exact) mass is 517 g/mol. The van der Waals surface area contributed by atoms with Crippen molar-refractivity contribution in [3.8, 4) is 16.9 Å². The molecule has 1 aliphatic rings. The molecule has 12 heteroatoms. The highest BCUT2D eigenvalue weighted by Crippen LogP contribution is 2.34. The van der Waals surface area contributed by atoms with E-state index in [9.17, 15) is 18.8 Å². The van der Waals surface area contributed by atoms with Crippen LogP contribution in [0.5, 0.6) is 5.75 Å². The van der Waals surface area contributed by atoms with Crippen molar-refractivity contribution in [1.82, 2.24) is 5.32 Å². The van der Waals surface area contributed by atoms with E-state index in [1.165, 1.54) is 25.5 Å². The van der Waals surface area contributed by atoms with Crippen LogP contribution in [0.3, 0.4) is 0 Å². The van der Waals surface area contributed by atoms with E-state index in [4.69, 9.17) is 25.9 Å². The lowest BCUT2D eigenvalue weighted by atomic mass is 9.93. The highest BCUT2D eigenvalue weighted by molar-refractivity contribution is 6.30. The molecule has 188 valence electrons. The van der Waals surface area contributed by atoms with Gasteiger partial charge >= 0.3 is 6.16 Å². The van der Waals surface area contributed by atoms with Gasteiger partial charge in [0.2, 0.25) is 0 Å². The Balaban J connectivity index is 1.57. The van der Waals surface area contributed by atoms with Gasteiger partial charge in [-0.3, -0.25) is 14.9 Å². The second-order valence-electron chi connectivity index (χ2n) is 7.98. The predicted molar refractivity (Wildman–Crippen MR) is 128 cm³/mol. The molecule has 4 rings (SSSR count). The van der Waals surface area contributed by atoms with E-state index in [1.54, 1.807) is 24.3 Å². The van der Waals surface area contributed by atoms with E-state index in [1.807, 2.05) is 0 Å². The Morgan fingerprint density at radius 2 is 1.86 bits per heavy atom. The van der Waals surface area contributed by atoms with Gasteiger partial charge in [0, 0.05) is 30.8 Å².